The summed E-state index contributed by atoms with van der Waals surface area (Å²) in [6.45, 7) is 0.374. The lowest BCUT2D eigenvalue weighted by Gasteiger charge is -2.05. The molecule has 2 heteroatoms. The molecule has 0 saturated heterocycles. The van der Waals surface area contributed by atoms with E-state index in [0.717, 1.165) is 12.2 Å². The maximum Gasteiger partial charge on any atom is 0.0431 e. The van der Waals surface area contributed by atoms with Crippen LogP contribution in [0, 0.1) is 0 Å². The molecule has 0 amide bonds. The van der Waals surface area contributed by atoms with E-state index < -0.39 is 0 Å². The highest BCUT2D eigenvalue weighted by atomic mass is 32.1. The normalized spacial score (nSPS) is 11.5. The number of rotatable bonds is 34. The van der Waals surface area contributed by atoms with Gasteiger partial charge in [0.2, 0.25) is 0 Å². The van der Waals surface area contributed by atoms with E-state index in [0.29, 0.717) is 6.61 Å². The lowest BCUT2D eigenvalue weighted by molar-refractivity contribution is 0.282. The fourth-order valence-corrected chi connectivity index (χ4v) is 5.93. The molecule has 37 heavy (non-hydrogen) atoms. The molecule has 0 saturated carbocycles. The van der Waals surface area contributed by atoms with Gasteiger partial charge in [0.05, 0.1) is 0 Å². The molecule has 0 heterocycles. The molecule has 0 aromatic heterocycles. The average Bonchev–Trinajstić information content (AvgIpc) is 2.91. The molecule has 0 bridgehead atoms. The summed E-state index contributed by atoms with van der Waals surface area (Å²) < 4.78 is 0. The number of hydrogen-bond donors (Lipinski definition) is 2. The Labute approximate surface area is 241 Å². The van der Waals surface area contributed by atoms with Crippen molar-refractivity contribution in [2.24, 2.45) is 0 Å². The van der Waals surface area contributed by atoms with Crippen molar-refractivity contribution in [2.45, 2.75) is 212 Å². The van der Waals surface area contributed by atoms with Crippen molar-refractivity contribution in [1.29, 1.82) is 0 Å². The molecule has 0 aliphatic rings. The van der Waals surface area contributed by atoms with E-state index >= 15 is 0 Å². The van der Waals surface area contributed by atoms with Gasteiger partial charge >= 0.3 is 0 Å². The molecule has 1 N–H and O–H groups in total. The monoisotopic (exact) mass is 541 g/mol. The van der Waals surface area contributed by atoms with Crippen LogP contribution in [-0.2, 0) is 0 Å². The maximum absolute atomic E-state index is 8.78. The summed E-state index contributed by atoms with van der Waals surface area (Å²) in [5.74, 6) is 1.07. The van der Waals surface area contributed by atoms with Gasteiger partial charge in [0.15, 0.2) is 0 Å². The second-order valence-electron chi connectivity index (χ2n) is 12.1. The predicted octanol–water partition coefficient (Wildman–Crippen LogP) is 12.8. The molecule has 0 aromatic rings. The quantitative estimate of drug-likeness (QED) is 0.0614. The Morgan fingerprint density at radius 1 is 0.216 bits per heavy atom. The molecule has 0 unspecified atom stereocenters. The third-order valence-corrected chi connectivity index (χ3v) is 8.63. The molecule has 0 atom stereocenters. The number of thiol groups is 1. The van der Waals surface area contributed by atoms with Crippen LogP contribution >= 0.6 is 12.6 Å². The molecule has 0 spiro atoms. The smallest absolute Gasteiger partial charge is 0.0431 e. The number of hydrogen-bond acceptors (Lipinski definition) is 2. The Morgan fingerprint density at radius 2 is 0.351 bits per heavy atom. The fourth-order valence-electron chi connectivity index (χ4n) is 5.70. The Balaban J connectivity index is 3.00. The van der Waals surface area contributed by atoms with Gasteiger partial charge in [-0.05, 0) is 18.6 Å². The van der Waals surface area contributed by atoms with Gasteiger partial charge in [0.25, 0.3) is 0 Å². The molecular weight excluding hydrogens is 468 g/mol. The average molecular weight is 541 g/mol. The van der Waals surface area contributed by atoms with Crippen LogP contribution in [0.2, 0.25) is 0 Å². The van der Waals surface area contributed by atoms with Crippen molar-refractivity contribution in [3.8, 4) is 0 Å². The van der Waals surface area contributed by atoms with Crippen LogP contribution in [0.1, 0.15) is 212 Å². The SMILES string of the molecule is OCCCCCCCCCCCCCCCCCCCCCCCCCCCCCCCCCCCS. The summed E-state index contributed by atoms with van der Waals surface area (Å²) in [5.41, 5.74) is 0. The van der Waals surface area contributed by atoms with Crippen LogP contribution in [0.15, 0.2) is 0 Å². The zero-order valence-corrected chi connectivity index (χ0v) is 26.5. The van der Waals surface area contributed by atoms with Crippen molar-refractivity contribution in [2.75, 3.05) is 12.4 Å². The summed E-state index contributed by atoms with van der Waals surface area (Å²) in [6.07, 6.45) is 47.2. The summed E-state index contributed by atoms with van der Waals surface area (Å²) in [4.78, 5) is 0. The zero-order valence-electron chi connectivity index (χ0n) is 25.6. The number of aliphatic hydroxyl groups excluding tert-OH is 1. The third kappa shape index (κ3) is 36.3. The Kier molecular flexibility index (Phi) is 36.6. The Bertz CT molecular complexity index is 338. The van der Waals surface area contributed by atoms with Crippen molar-refractivity contribution in [3.63, 3.8) is 0 Å². The second-order valence-corrected chi connectivity index (χ2v) is 12.6. The van der Waals surface area contributed by atoms with Crippen LogP contribution in [0.4, 0.5) is 0 Å². The minimum atomic E-state index is 0.374. The first-order valence-corrected chi connectivity index (χ1v) is 18.3. The molecule has 0 aliphatic carbocycles. The third-order valence-electron chi connectivity index (χ3n) is 8.32. The van der Waals surface area contributed by atoms with Crippen molar-refractivity contribution >= 4 is 12.6 Å². The summed E-state index contributed by atoms with van der Waals surface area (Å²) in [6, 6.07) is 0. The van der Waals surface area contributed by atoms with E-state index in [9.17, 15) is 0 Å². The lowest BCUT2D eigenvalue weighted by Crippen LogP contribution is -1.85. The first-order valence-electron chi connectivity index (χ1n) is 17.6. The van der Waals surface area contributed by atoms with Gasteiger partial charge in [0.1, 0.15) is 0 Å². The summed E-state index contributed by atoms with van der Waals surface area (Å²) in [5, 5.41) is 8.78. The Morgan fingerprint density at radius 3 is 0.486 bits per heavy atom. The lowest BCUT2D eigenvalue weighted by atomic mass is 10.0. The highest BCUT2D eigenvalue weighted by molar-refractivity contribution is 7.80. The topological polar surface area (TPSA) is 20.2 Å². The standard InChI is InChI=1S/C35H72OS/c36-34-32-30-28-26-24-22-20-18-16-14-12-10-8-6-4-2-1-3-5-7-9-11-13-15-17-19-21-23-25-27-29-31-33-35-37/h36-37H,1-35H2. The highest BCUT2D eigenvalue weighted by Gasteiger charge is 1.97. The van der Waals surface area contributed by atoms with Crippen LogP contribution in [0.3, 0.4) is 0 Å². The largest absolute Gasteiger partial charge is 0.396 e. The van der Waals surface area contributed by atoms with E-state index in [-0.39, 0.29) is 0 Å². The van der Waals surface area contributed by atoms with Gasteiger partial charge in [-0.25, -0.2) is 0 Å². The number of aliphatic hydroxyl groups is 1. The van der Waals surface area contributed by atoms with Crippen molar-refractivity contribution in [3.05, 3.63) is 0 Å². The highest BCUT2D eigenvalue weighted by Crippen LogP contribution is 2.17. The van der Waals surface area contributed by atoms with Gasteiger partial charge in [0, 0.05) is 6.61 Å². The molecule has 1 nitrogen and oxygen atoms in total. The van der Waals surface area contributed by atoms with Gasteiger partial charge in [-0.15, -0.1) is 0 Å². The zero-order chi connectivity index (χ0) is 26.7. The van der Waals surface area contributed by atoms with Gasteiger partial charge < -0.3 is 5.11 Å². The summed E-state index contributed by atoms with van der Waals surface area (Å²) in [7, 11) is 0. The molecular formula is C35H72OS. The van der Waals surface area contributed by atoms with Crippen LogP contribution in [0.5, 0.6) is 0 Å². The molecule has 0 aliphatic heterocycles. The van der Waals surface area contributed by atoms with Crippen molar-refractivity contribution in [1.82, 2.24) is 0 Å². The first-order chi connectivity index (χ1) is 18.4. The Hall–Kier alpha value is 0.310. The molecule has 224 valence electrons. The number of unbranched alkanes of at least 4 members (excludes halogenated alkanes) is 32. The van der Waals surface area contributed by atoms with E-state index in [2.05, 4.69) is 12.6 Å². The van der Waals surface area contributed by atoms with E-state index in [4.69, 9.17) is 5.11 Å². The molecule has 0 aromatic carbocycles. The van der Waals surface area contributed by atoms with Gasteiger partial charge in [-0.3, -0.25) is 0 Å². The minimum Gasteiger partial charge on any atom is -0.396 e. The fraction of sp³-hybridized carbons (Fsp3) is 1.00. The van der Waals surface area contributed by atoms with Crippen LogP contribution in [-0.4, -0.2) is 17.5 Å². The van der Waals surface area contributed by atoms with Gasteiger partial charge in [-0.2, -0.15) is 12.6 Å². The van der Waals surface area contributed by atoms with E-state index in [1.165, 1.54) is 205 Å². The van der Waals surface area contributed by atoms with E-state index in [1.54, 1.807) is 0 Å². The van der Waals surface area contributed by atoms with E-state index in [1.807, 2.05) is 0 Å². The van der Waals surface area contributed by atoms with Crippen LogP contribution in [0.25, 0.3) is 0 Å². The summed E-state index contributed by atoms with van der Waals surface area (Å²) >= 11 is 4.28. The minimum absolute atomic E-state index is 0.374. The predicted molar refractivity (Wildman–Crippen MR) is 173 cm³/mol. The molecule has 0 rings (SSSR count). The first kappa shape index (κ1) is 37.3. The molecule has 0 radical (unpaired) electrons. The maximum atomic E-state index is 8.78. The second kappa shape index (κ2) is 36.3. The van der Waals surface area contributed by atoms with Gasteiger partial charge in [-0.1, -0.05) is 199 Å². The van der Waals surface area contributed by atoms with Crippen LogP contribution < -0.4 is 0 Å². The van der Waals surface area contributed by atoms with Crippen molar-refractivity contribution < 1.29 is 5.11 Å². The molecule has 0 fully saturated rings.